The number of carbonyl (C=O) groups is 2. The molecule has 0 bridgehead atoms. The molecule has 0 radical (unpaired) electrons. The van der Waals surface area contributed by atoms with Crippen molar-refractivity contribution in [1.82, 2.24) is 5.32 Å². The summed E-state index contributed by atoms with van der Waals surface area (Å²) in [5, 5.41) is 4.00. The van der Waals surface area contributed by atoms with Crippen LogP contribution in [0.25, 0.3) is 0 Å². The maximum atomic E-state index is 13.5. The first-order valence-electron chi connectivity index (χ1n) is 10.1. The third-order valence-electron chi connectivity index (χ3n) is 6.02. The SMILES string of the molecule is COC(=O)C1=C(C)NC2=C(C(=O)CC(c3ccc(Cl)cc3)C2)C1c1ccccc1OC. The lowest BCUT2D eigenvalue weighted by molar-refractivity contribution is -0.136. The summed E-state index contributed by atoms with van der Waals surface area (Å²) in [6.45, 7) is 1.84. The van der Waals surface area contributed by atoms with Crippen molar-refractivity contribution in [3.8, 4) is 5.75 Å². The van der Waals surface area contributed by atoms with Gasteiger partial charge in [-0.2, -0.15) is 0 Å². The molecular weight excluding hydrogens is 414 g/mol. The molecule has 0 aromatic heterocycles. The Balaban J connectivity index is 1.83. The van der Waals surface area contributed by atoms with Gasteiger partial charge in [0, 0.05) is 34.0 Å². The highest BCUT2D eigenvalue weighted by Gasteiger charge is 2.42. The van der Waals surface area contributed by atoms with Gasteiger partial charge in [0.05, 0.1) is 25.7 Å². The van der Waals surface area contributed by atoms with Crippen LogP contribution in [0.3, 0.4) is 0 Å². The van der Waals surface area contributed by atoms with Gasteiger partial charge in [-0.1, -0.05) is 41.9 Å². The standard InChI is InChI=1S/C25H24ClNO4/c1-14-22(25(29)31-3)23(18-6-4-5-7-21(18)30-2)24-19(27-14)12-16(13-20(24)28)15-8-10-17(26)11-9-15/h4-11,16,23,27H,12-13H2,1-3H3. The number of nitrogens with one attached hydrogen (secondary N) is 1. The lowest BCUT2D eigenvalue weighted by Crippen LogP contribution is -2.36. The van der Waals surface area contributed by atoms with Crippen LogP contribution >= 0.6 is 11.6 Å². The number of dihydropyridines is 1. The Morgan fingerprint density at radius 1 is 1.06 bits per heavy atom. The fourth-order valence-corrected chi connectivity index (χ4v) is 4.73. The van der Waals surface area contributed by atoms with Crippen LogP contribution in [0.4, 0.5) is 0 Å². The minimum absolute atomic E-state index is 0.0125. The largest absolute Gasteiger partial charge is 0.496 e. The van der Waals surface area contributed by atoms with Crippen LogP contribution in [0.1, 0.15) is 42.7 Å². The molecule has 2 aromatic rings. The molecule has 1 heterocycles. The van der Waals surface area contributed by atoms with Gasteiger partial charge in [0.25, 0.3) is 0 Å². The van der Waals surface area contributed by atoms with E-state index in [0.717, 1.165) is 16.8 Å². The molecule has 1 N–H and O–H groups in total. The number of ketones is 1. The van der Waals surface area contributed by atoms with Crippen LogP contribution in [-0.2, 0) is 14.3 Å². The first-order valence-corrected chi connectivity index (χ1v) is 10.5. The minimum Gasteiger partial charge on any atom is -0.496 e. The van der Waals surface area contributed by atoms with Gasteiger partial charge in [0.1, 0.15) is 5.75 Å². The number of rotatable bonds is 4. The highest BCUT2D eigenvalue weighted by atomic mass is 35.5. The molecule has 160 valence electrons. The summed E-state index contributed by atoms with van der Waals surface area (Å²) in [4.78, 5) is 26.2. The average Bonchev–Trinajstić information content (AvgIpc) is 2.78. The summed E-state index contributed by atoms with van der Waals surface area (Å²) in [7, 11) is 2.94. The molecule has 2 unspecified atom stereocenters. The number of allylic oxidation sites excluding steroid dienone is 3. The van der Waals surface area contributed by atoms with Gasteiger partial charge in [-0.15, -0.1) is 0 Å². The smallest absolute Gasteiger partial charge is 0.336 e. The number of halogens is 1. The molecule has 1 aliphatic carbocycles. The Morgan fingerprint density at radius 2 is 1.77 bits per heavy atom. The minimum atomic E-state index is -0.543. The van der Waals surface area contributed by atoms with Gasteiger partial charge in [0.2, 0.25) is 0 Å². The Hall–Kier alpha value is -3.05. The molecule has 0 saturated carbocycles. The lowest BCUT2D eigenvalue weighted by atomic mass is 9.71. The van der Waals surface area contributed by atoms with Crippen molar-refractivity contribution in [3.63, 3.8) is 0 Å². The van der Waals surface area contributed by atoms with E-state index in [1.165, 1.54) is 7.11 Å². The third-order valence-corrected chi connectivity index (χ3v) is 6.28. The Kier molecular flexibility index (Phi) is 5.88. The molecule has 0 saturated heterocycles. The Bertz CT molecular complexity index is 1100. The zero-order valence-corrected chi connectivity index (χ0v) is 18.5. The fraction of sp³-hybridized carbons (Fsp3) is 0.280. The second-order valence-corrected chi connectivity index (χ2v) is 8.24. The molecule has 0 spiro atoms. The van der Waals surface area contributed by atoms with Crippen LogP contribution in [0.2, 0.25) is 5.02 Å². The second-order valence-electron chi connectivity index (χ2n) is 7.80. The molecule has 1 aliphatic heterocycles. The van der Waals surface area contributed by atoms with E-state index in [4.69, 9.17) is 21.1 Å². The number of hydrogen-bond donors (Lipinski definition) is 1. The highest BCUT2D eigenvalue weighted by molar-refractivity contribution is 6.30. The van der Waals surface area contributed by atoms with Gasteiger partial charge >= 0.3 is 5.97 Å². The predicted octanol–water partition coefficient (Wildman–Crippen LogP) is 4.88. The number of para-hydroxylation sites is 1. The van der Waals surface area contributed by atoms with E-state index in [9.17, 15) is 9.59 Å². The summed E-state index contributed by atoms with van der Waals surface area (Å²) in [5.41, 5.74) is 4.42. The molecule has 4 rings (SSSR count). The van der Waals surface area contributed by atoms with E-state index in [0.29, 0.717) is 40.5 Å². The van der Waals surface area contributed by atoms with Gasteiger partial charge in [-0.3, -0.25) is 4.79 Å². The van der Waals surface area contributed by atoms with Crippen molar-refractivity contribution in [2.45, 2.75) is 31.6 Å². The summed E-state index contributed by atoms with van der Waals surface area (Å²) >= 11 is 6.03. The first-order chi connectivity index (χ1) is 14.9. The van der Waals surface area contributed by atoms with E-state index in [-0.39, 0.29) is 11.7 Å². The van der Waals surface area contributed by atoms with Crippen LogP contribution in [0.15, 0.2) is 71.1 Å². The maximum absolute atomic E-state index is 13.5. The molecule has 31 heavy (non-hydrogen) atoms. The Labute approximate surface area is 186 Å². The van der Waals surface area contributed by atoms with Crippen molar-refractivity contribution in [2.75, 3.05) is 14.2 Å². The quantitative estimate of drug-likeness (QED) is 0.690. The number of methoxy groups -OCH3 is 2. The lowest BCUT2D eigenvalue weighted by Gasteiger charge is -2.37. The van der Waals surface area contributed by atoms with Crippen LogP contribution in [0.5, 0.6) is 5.75 Å². The molecule has 2 atom stereocenters. The number of hydrogen-bond acceptors (Lipinski definition) is 5. The zero-order valence-electron chi connectivity index (χ0n) is 17.7. The van der Waals surface area contributed by atoms with E-state index in [1.807, 2.05) is 55.5 Å². The van der Waals surface area contributed by atoms with Crippen LogP contribution in [0, 0.1) is 0 Å². The molecule has 6 heteroatoms. The number of benzene rings is 2. The van der Waals surface area contributed by atoms with Crippen LogP contribution in [-0.4, -0.2) is 26.0 Å². The molecule has 0 fully saturated rings. The summed E-state index contributed by atoms with van der Waals surface area (Å²) in [6.07, 6.45) is 1.03. The van der Waals surface area contributed by atoms with Crippen molar-refractivity contribution in [3.05, 3.63) is 87.2 Å². The number of Topliss-reactive ketones (excluding diaryl/α,β-unsaturated/α-hetero) is 1. The topological polar surface area (TPSA) is 64.6 Å². The molecule has 5 nitrogen and oxygen atoms in total. The predicted molar refractivity (Wildman–Crippen MR) is 119 cm³/mol. The van der Waals surface area contributed by atoms with Gasteiger partial charge in [0.15, 0.2) is 5.78 Å². The van der Waals surface area contributed by atoms with Crippen molar-refractivity contribution in [1.29, 1.82) is 0 Å². The maximum Gasteiger partial charge on any atom is 0.336 e. The number of esters is 1. The van der Waals surface area contributed by atoms with Crippen molar-refractivity contribution >= 4 is 23.4 Å². The van der Waals surface area contributed by atoms with E-state index in [2.05, 4.69) is 5.32 Å². The second kappa shape index (κ2) is 8.60. The molecule has 2 aliphatic rings. The Morgan fingerprint density at radius 3 is 2.45 bits per heavy atom. The van der Waals surface area contributed by atoms with Gasteiger partial charge in [-0.25, -0.2) is 4.79 Å². The highest BCUT2D eigenvalue weighted by Crippen LogP contribution is 2.47. The molecular formula is C25H24ClNO4. The molecule has 0 amide bonds. The molecule has 2 aromatic carbocycles. The van der Waals surface area contributed by atoms with Crippen molar-refractivity contribution in [2.24, 2.45) is 0 Å². The zero-order chi connectivity index (χ0) is 22.1. The normalized spacial score (nSPS) is 20.8. The van der Waals surface area contributed by atoms with Gasteiger partial charge in [-0.05, 0) is 43.0 Å². The average molecular weight is 438 g/mol. The van der Waals surface area contributed by atoms with E-state index in [1.54, 1.807) is 7.11 Å². The monoisotopic (exact) mass is 437 g/mol. The van der Waals surface area contributed by atoms with Crippen LogP contribution < -0.4 is 10.1 Å². The third kappa shape index (κ3) is 3.86. The number of ether oxygens (including phenoxy) is 2. The summed E-state index contributed by atoms with van der Waals surface area (Å²) in [6, 6.07) is 15.1. The van der Waals surface area contributed by atoms with E-state index < -0.39 is 11.9 Å². The number of carbonyl (C=O) groups excluding carboxylic acids is 2. The van der Waals surface area contributed by atoms with Gasteiger partial charge < -0.3 is 14.8 Å². The first kappa shape index (κ1) is 21.2. The summed E-state index contributed by atoms with van der Waals surface area (Å²) in [5.74, 6) is -0.318. The van der Waals surface area contributed by atoms with E-state index >= 15 is 0 Å². The summed E-state index contributed by atoms with van der Waals surface area (Å²) < 4.78 is 10.6. The fourth-order valence-electron chi connectivity index (χ4n) is 4.61. The van der Waals surface area contributed by atoms with Crippen molar-refractivity contribution < 1.29 is 19.1 Å².